The zero-order valence-corrected chi connectivity index (χ0v) is 11.7. The van der Waals surface area contributed by atoms with E-state index in [4.69, 9.17) is 4.74 Å². The Hall–Kier alpha value is -2.49. The average molecular weight is 328 g/mol. The molecule has 0 saturated carbocycles. The molecule has 3 aromatic rings. The molecule has 0 amide bonds. The van der Waals surface area contributed by atoms with E-state index in [0.29, 0.717) is 0 Å². The maximum Gasteiger partial charge on any atom is 0.419 e. The number of fused-ring (bicyclic) bond motifs is 1. The van der Waals surface area contributed by atoms with Gasteiger partial charge in [-0.15, -0.1) is 5.10 Å². The minimum atomic E-state index is -4.57. The highest BCUT2D eigenvalue weighted by Gasteiger charge is 2.35. The molecule has 0 aliphatic carbocycles. The summed E-state index contributed by atoms with van der Waals surface area (Å²) in [5, 5.41) is 9.30. The Kier molecular flexibility index (Phi) is 3.32. The van der Waals surface area contributed by atoms with Crippen LogP contribution in [0.3, 0.4) is 0 Å². The maximum atomic E-state index is 13.1. The quantitative estimate of drug-likeness (QED) is 0.781. The van der Waals surface area contributed by atoms with Gasteiger partial charge in [0.1, 0.15) is 21.7 Å². The highest BCUT2D eigenvalue weighted by molar-refractivity contribution is 7.13. The second-order valence-corrected chi connectivity index (χ2v) is 5.04. The van der Waals surface area contributed by atoms with Crippen LogP contribution in [0.15, 0.2) is 23.0 Å². The van der Waals surface area contributed by atoms with Gasteiger partial charge in [0.15, 0.2) is 0 Å². The fourth-order valence-electron chi connectivity index (χ4n) is 1.96. The number of nitrogens with one attached hydrogen (secondary N) is 1. The lowest BCUT2D eigenvalue weighted by Crippen LogP contribution is -2.08. The molecular formula is C12H7F3N4O2S. The molecule has 0 radical (unpaired) electrons. The number of hydrogen-bond donors (Lipinski definition) is 1. The molecule has 0 atom stereocenters. The van der Waals surface area contributed by atoms with Crippen molar-refractivity contribution in [1.82, 2.24) is 19.8 Å². The third-order valence-corrected chi connectivity index (χ3v) is 3.79. The van der Waals surface area contributed by atoms with Gasteiger partial charge >= 0.3 is 6.18 Å². The van der Waals surface area contributed by atoms with Crippen molar-refractivity contribution in [3.05, 3.63) is 34.1 Å². The molecule has 0 fully saturated rings. The Morgan fingerprint density at radius 1 is 1.32 bits per heavy atom. The smallest absolute Gasteiger partial charge is 0.419 e. The van der Waals surface area contributed by atoms with Crippen LogP contribution < -0.4 is 10.3 Å². The van der Waals surface area contributed by atoms with Crippen LogP contribution in [0.2, 0.25) is 0 Å². The van der Waals surface area contributed by atoms with Crippen LogP contribution in [0.4, 0.5) is 13.2 Å². The number of aromatic nitrogens is 4. The minimum Gasteiger partial charge on any atom is -0.496 e. The number of alkyl halides is 3. The normalized spacial score (nSPS) is 11.8. The van der Waals surface area contributed by atoms with Gasteiger partial charge in [-0.2, -0.15) is 17.5 Å². The van der Waals surface area contributed by atoms with Gasteiger partial charge in [-0.05, 0) is 29.7 Å². The summed E-state index contributed by atoms with van der Waals surface area (Å²) in [6.45, 7) is 0. The molecule has 0 aliphatic heterocycles. The van der Waals surface area contributed by atoms with E-state index in [2.05, 4.69) is 19.8 Å². The van der Waals surface area contributed by atoms with Crippen molar-refractivity contribution in [2.24, 2.45) is 0 Å². The van der Waals surface area contributed by atoms with E-state index in [1.807, 2.05) is 0 Å². The van der Waals surface area contributed by atoms with Crippen LogP contribution >= 0.6 is 11.5 Å². The monoisotopic (exact) mass is 328 g/mol. The van der Waals surface area contributed by atoms with Crippen LogP contribution in [0.1, 0.15) is 5.56 Å². The molecule has 6 nitrogen and oxygen atoms in total. The Bertz CT molecular complexity index is 903. The van der Waals surface area contributed by atoms with Crippen molar-refractivity contribution < 1.29 is 17.9 Å². The molecule has 2 aromatic heterocycles. The third-order valence-electron chi connectivity index (χ3n) is 2.95. The van der Waals surface area contributed by atoms with Gasteiger partial charge in [0.05, 0.1) is 12.7 Å². The highest BCUT2D eigenvalue weighted by Crippen LogP contribution is 2.39. The number of hydrogen-bond acceptors (Lipinski definition) is 6. The summed E-state index contributed by atoms with van der Waals surface area (Å²) in [4.78, 5) is 11.6. The van der Waals surface area contributed by atoms with Crippen molar-refractivity contribution in [3.8, 4) is 17.0 Å². The standard InChI is InChI=1S/C12H7F3N4O2S/c1-21-7-3-2-5(4-6(7)12(13,14)15)8-9-10(22-18-8)11(20)17-19-16-9/h2-4H,1H3,(H,16,17,20). The first kappa shape index (κ1) is 14.4. The molecule has 1 N–H and O–H groups in total. The summed E-state index contributed by atoms with van der Waals surface area (Å²) < 4.78 is 48.1. The van der Waals surface area contributed by atoms with E-state index in [-0.39, 0.29) is 27.2 Å². The minimum absolute atomic E-state index is 0.159. The molecule has 114 valence electrons. The van der Waals surface area contributed by atoms with E-state index in [1.54, 1.807) is 0 Å². The molecule has 2 heterocycles. The number of halogens is 3. The van der Waals surface area contributed by atoms with E-state index in [0.717, 1.165) is 24.7 Å². The number of ether oxygens (including phenoxy) is 1. The highest BCUT2D eigenvalue weighted by atomic mass is 32.1. The SMILES string of the molecule is COc1ccc(-c2nsc3c(=O)[nH]nnc23)cc1C(F)(F)F. The first-order valence-corrected chi connectivity index (χ1v) is 6.65. The van der Waals surface area contributed by atoms with Crippen LogP contribution in [-0.2, 0) is 6.18 Å². The van der Waals surface area contributed by atoms with Gasteiger partial charge in [-0.3, -0.25) is 4.79 Å². The van der Waals surface area contributed by atoms with Crippen LogP contribution in [0.5, 0.6) is 5.75 Å². The van der Waals surface area contributed by atoms with Gasteiger partial charge in [0.25, 0.3) is 5.56 Å². The molecular weight excluding hydrogens is 321 g/mol. The van der Waals surface area contributed by atoms with Crippen LogP contribution in [-0.4, -0.2) is 26.9 Å². The molecule has 10 heteroatoms. The van der Waals surface area contributed by atoms with Gasteiger partial charge in [-0.25, -0.2) is 5.10 Å². The Morgan fingerprint density at radius 3 is 2.77 bits per heavy atom. The molecule has 3 rings (SSSR count). The number of nitrogens with zero attached hydrogens (tertiary/aromatic N) is 3. The molecule has 0 spiro atoms. The Morgan fingerprint density at radius 2 is 2.09 bits per heavy atom. The van der Waals surface area contributed by atoms with E-state index < -0.39 is 17.3 Å². The second kappa shape index (κ2) is 5.05. The fraction of sp³-hybridized carbons (Fsp3) is 0.167. The summed E-state index contributed by atoms with van der Waals surface area (Å²) in [7, 11) is 1.16. The van der Waals surface area contributed by atoms with E-state index in [1.165, 1.54) is 12.1 Å². The van der Waals surface area contributed by atoms with Crippen LogP contribution in [0.25, 0.3) is 21.5 Å². The number of methoxy groups -OCH3 is 1. The first-order valence-electron chi connectivity index (χ1n) is 5.88. The lowest BCUT2D eigenvalue weighted by atomic mass is 10.1. The topological polar surface area (TPSA) is 80.8 Å². The predicted molar refractivity (Wildman–Crippen MR) is 72.8 cm³/mol. The lowest BCUT2D eigenvalue weighted by Gasteiger charge is -2.12. The van der Waals surface area contributed by atoms with E-state index in [9.17, 15) is 18.0 Å². The van der Waals surface area contributed by atoms with Gasteiger partial charge < -0.3 is 4.74 Å². The van der Waals surface area contributed by atoms with Gasteiger partial charge in [-0.1, -0.05) is 5.21 Å². The molecule has 0 aliphatic rings. The number of rotatable bonds is 2. The van der Waals surface area contributed by atoms with Crippen molar-refractivity contribution >= 4 is 21.7 Å². The fourth-order valence-corrected chi connectivity index (χ4v) is 2.69. The third kappa shape index (κ3) is 2.30. The molecule has 1 aromatic carbocycles. The first-order chi connectivity index (χ1) is 10.4. The predicted octanol–water partition coefficient (Wildman–Crippen LogP) is 2.47. The number of benzene rings is 1. The summed E-state index contributed by atoms with van der Waals surface area (Å²) in [6.07, 6.45) is -4.57. The zero-order valence-electron chi connectivity index (χ0n) is 10.9. The van der Waals surface area contributed by atoms with Gasteiger partial charge in [0.2, 0.25) is 0 Å². The Balaban J connectivity index is 2.24. The van der Waals surface area contributed by atoms with Crippen molar-refractivity contribution in [2.75, 3.05) is 7.11 Å². The number of H-pyrrole nitrogens is 1. The molecule has 0 unspecified atom stereocenters. The lowest BCUT2D eigenvalue weighted by molar-refractivity contribution is -0.138. The van der Waals surface area contributed by atoms with E-state index >= 15 is 0 Å². The number of aromatic amines is 1. The van der Waals surface area contributed by atoms with Crippen molar-refractivity contribution in [2.45, 2.75) is 6.18 Å². The molecule has 0 saturated heterocycles. The largest absolute Gasteiger partial charge is 0.496 e. The summed E-state index contributed by atoms with van der Waals surface area (Å²) >= 11 is 0.850. The van der Waals surface area contributed by atoms with Gasteiger partial charge in [0, 0.05) is 5.56 Å². The summed E-state index contributed by atoms with van der Waals surface area (Å²) in [6, 6.07) is 3.53. The zero-order chi connectivity index (χ0) is 15.9. The summed E-state index contributed by atoms with van der Waals surface area (Å²) in [5.41, 5.74) is -0.900. The summed E-state index contributed by atoms with van der Waals surface area (Å²) in [5.74, 6) is -0.292. The van der Waals surface area contributed by atoms with Crippen molar-refractivity contribution in [3.63, 3.8) is 0 Å². The van der Waals surface area contributed by atoms with Crippen molar-refractivity contribution in [1.29, 1.82) is 0 Å². The maximum absolute atomic E-state index is 13.1. The van der Waals surface area contributed by atoms with Crippen LogP contribution in [0, 0.1) is 0 Å². The average Bonchev–Trinajstić information content (AvgIpc) is 2.91. The second-order valence-electron chi connectivity index (χ2n) is 4.26. The Labute approximate surface area is 124 Å². The molecule has 22 heavy (non-hydrogen) atoms. The molecule has 0 bridgehead atoms.